The molecule has 2 rings (SSSR count). The number of hydrogen-bond donors (Lipinski definition) is 2. The fraction of sp³-hybridized carbons (Fsp3) is 0.278. The highest BCUT2D eigenvalue weighted by Gasteiger charge is 2.12. The van der Waals surface area contributed by atoms with Crippen molar-refractivity contribution in [2.45, 2.75) is 19.8 Å². The van der Waals surface area contributed by atoms with Crippen LogP contribution in [0.4, 0.5) is 5.69 Å². The zero-order chi connectivity index (χ0) is 18.3. The van der Waals surface area contributed by atoms with Crippen LogP contribution in [0.15, 0.2) is 48.5 Å². The van der Waals surface area contributed by atoms with Gasteiger partial charge in [0.05, 0.1) is 12.3 Å². The van der Waals surface area contributed by atoms with Crippen LogP contribution in [0, 0.1) is 6.92 Å². The molecule has 0 aliphatic carbocycles. The van der Waals surface area contributed by atoms with Gasteiger partial charge in [-0.3, -0.25) is 4.79 Å². The maximum absolute atomic E-state index is 12.0. The summed E-state index contributed by atoms with van der Waals surface area (Å²) in [5.41, 5.74) is 2.52. The van der Waals surface area contributed by atoms with Crippen LogP contribution in [0.3, 0.4) is 0 Å². The molecular weight excluding hydrogens is 360 g/mol. The van der Waals surface area contributed by atoms with Crippen molar-refractivity contribution in [1.82, 2.24) is 4.72 Å². The van der Waals surface area contributed by atoms with Crippen LogP contribution in [0.5, 0.6) is 0 Å². The van der Waals surface area contributed by atoms with Crippen molar-refractivity contribution in [1.29, 1.82) is 0 Å². The number of benzene rings is 2. The van der Waals surface area contributed by atoms with Crippen LogP contribution in [0.2, 0.25) is 5.02 Å². The van der Waals surface area contributed by atoms with Crippen LogP contribution < -0.4 is 10.0 Å². The molecular formula is C18H21ClN2O3S. The van der Waals surface area contributed by atoms with Crippen LogP contribution in [0.1, 0.15) is 17.5 Å². The molecule has 2 N–H and O–H groups in total. The lowest BCUT2D eigenvalue weighted by atomic mass is 10.1. The Morgan fingerprint density at radius 1 is 1.12 bits per heavy atom. The first-order valence-corrected chi connectivity index (χ1v) is 9.96. The van der Waals surface area contributed by atoms with E-state index >= 15 is 0 Å². The second-order valence-corrected chi connectivity index (χ2v) is 8.07. The Bertz CT molecular complexity index is 823. The number of aryl methyl sites for hydroxylation is 2. The monoisotopic (exact) mass is 380 g/mol. The molecule has 0 aromatic heterocycles. The molecule has 0 bridgehead atoms. The van der Waals surface area contributed by atoms with Gasteiger partial charge < -0.3 is 5.32 Å². The summed E-state index contributed by atoms with van der Waals surface area (Å²) in [7, 11) is -3.49. The molecule has 0 fully saturated rings. The molecule has 0 heterocycles. The van der Waals surface area contributed by atoms with Gasteiger partial charge in [0.2, 0.25) is 15.9 Å². The highest BCUT2D eigenvalue weighted by atomic mass is 35.5. The third kappa shape index (κ3) is 6.86. The van der Waals surface area contributed by atoms with Gasteiger partial charge in [-0.25, -0.2) is 13.1 Å². The van der Waals surface area contributed by atoms with Gasteiger partial charge in [0.1, 0.15) is 0 Å². The summed E-state index contributed by atoms with van der Waals surface area (Å²) in [5.74, 6) is -0.461. The van der Waals surface area contributed by atoms with E-state index in [1.54, 1.807) is 18.2 Å². The normalized spacial score (nSPS) is 11.3. The molecule has 134 valence electrons. The summed E-state index contributed by atoms with van der Waals surface area (Å²) >= 11 is 5.99. The maximum atomic E-state index is 12.0. The molecule has 2 aromatic carbocycles. The van der Waals surface area contributed by atoms with Crippen molar-refractivity contribution in [3.05, 3.63) is 64.7 Å². The van der Waals surface area contributed by atoms with Gasteiger partial charge in [0.25, 0.3) is 0 Å². The third-order valence-corrected chi connectivity index (χ3v) is 5.45. The molecule has 0 unspecified atom stereocenters. The smallest absolute Gasteiger partial charge is 0.239 e. The molecule has 0 radical (unpaired) electrons. The van der Waals surface area contributed by atoms with Crippen molar-refractivity contribution >= 4 is 33.2 Å². The number of amides is 1. The van der Waals surface area contributed by atoms with Crippen molar-refractivity contribution in [2.24, 2.45) is 0 Å². The molecule has 25 heavy (non-hydrogen) atoms. The Kier molecular flexibility index (Phi) is 6.99. The summed E-state index contributed by atoms with van der Waals surface area (Å²) in [6.45, 7) is 1.55. The van der Waals surface area contributed by atoms with Gasteiger partial charge in [-0.05, 0) is 43.0 Å². The highest BCUT2D eigenvalue weighted by Crippen LogP contribution is 2.19. The Labute approximate surface area is 153 Å². The van der Waals surface area contributed by atoms with Gasteiger partial charge >= 0.3 is 0 Å². The summed E-state index contributed by atoms with van der Waals surface area (Å²) in [6.07, 6.45) is 1.17. The minimum atomic E-state index is -3.49. The SMILES string of the molecule is Cc1ccc(NC(=O)CNS(=O)(=O)CCCc2ccccc2)cc1Cl. The summed E-state index contributed by atoms with van der Waals surface area (Å²) in [4.78, 5) is 11.9. The van der Waals surface area contributed by atoms with Crippen molar-refractivity contribution in [3.63, 3.8) is 0 Å². The predicted molar refractivity (Wildman–Crippen MR) is 101 cm³/mol. The first kappa shape index (κ1) is 19.4. The first-order valence-electron chi connectivity index (χ1n) is 7.93. The number of carbonyl (C=O) groups is 1. The van der Waals surface area contributed by atoms with Gasteiger partial charge in [0, 0.05) is 10.7 Å². The average molecular weight is 381 g/mol. The lowest BCUT2D eigenvalue weighted by Gasteiger charge is -2.09. The Morgan fingerprint density at radius 3 is 2.52 bits per heavy atom. The number of halogens is 1. The largest absolute Gasteiger partial charge is 0.325 e. The van der Waals surface area contributed by atoms with E-state index < -0.39 is 15.9 Å². The quantitative estimate of drug-likeness (QED) is 0.738. The Hall–Kier alpha value is -1.89. The number of rotatable bonds is 8. The van der Waals surface area contributed by atoms with Crippen LogP contribution in [-0.2, 0) is 21.2 Å². The molecule has 1 amide bonds. The van der Waals surface area contributed by atoms with E-state index in [9.17, 15) is 13.2 Å². The zero-order valence-corrected chi connectivity index (χ0v) is 15.5. The molecule has 2 aromatic rings. The van der Waals surface area contributed by atoms with Crippen LogP contribution >= 0.6 is 11.6 Å². The zero-order valence-electron chi connectivity index (χ0n) is 14.0. The van der Waals surface area contributed by atoms with Crippen LogP contribution in [-0.4, -0.2) is 26.6 Å². The molecule has 0 saturated heterocycles. The Morgan fingerprint density at radius 2 is 1.84 bits per heavy atom. The minimum absolute atomic E-state index is 0.0223. The van der Waals surface area contributed by atoms with E-state index in [-0.39, 0.29) is 12.3 Å². The van der Waals surface area contributed by atoms with Crippen molar-refractivity contribution in [2.75, 3.05) is 17.6 Å². The van der Waals surface area contributed by atoms with E-state index in [1.807, 2.05) is 37.3 Å². The fourth-order valence-corrected chi connectivity index (χ4v) is 3.43. The Balaban J connectivity index is 1.76. The number of carbonyl (C=O) groups excluding carboxylic acids is 1. The molecule has 5 nitrogen and oxygen atoms in total. The van der Waals surface area contributed by atoms with E-state index in [2.05, 4.69) is 10.0 Å². The van der Waals surface area contributed by atoms with E-state index in [0.717, 1.165) is 11.1 Å². The van der Waals surface area contributed by atoms with Gasteiger partial charge in [-0.1, -0.05) is 48.0 Å². The van der Waals surface area contributed by atoms with Crippen LogP contribution in [0.25, 0.3) is 0 Å². The molecule has 0 aliphatic heterocycles. The first-order chi connectivity index (χ1) is 11.9. The lowest BCUT2D eigenvalue weighted by Crippen LogP contribution is -2.34. The summed E-state index contributed by atoms with van der Waals surface area (Å²) in [5, 5.41) is 3.16. The van der Waals surface area contributed by atoms with Crippen molar-refractivity contribution in [3.8, 4) is 0 Å². The molecule has 0 saturated carbocycles. The molecule has 7 heteroatoms. The number of hydrogen-bond acceptors (Lipinski definition) is 3. The number of sulfonamides is 1. The highest BCUT2D eigenvalue weighted by molar-refractivity contribution is 7.89. The second-order valence-electron chi connectivity index (χ2n) is 5.74. The van der Waals surface area contributed by atoms with Gasteiger partial charge in [-0.2, -0.15) is 0 Å². The molecule has 0 atom stereocenters. The van der Waals surface area contributed by atoms with Gasteiger partial charge in [0.15, 0.2) is 0 Å². The van der Waals surface area contributed by atoms with E-state index in [1.165, 1.54) is 0 Å². The fourth-order valence-electron chi connectivity index (χ4n) is 2.23. The second kappa shape index (κ2) is 8.99. The third-order valence-electron chi connectivity index (χ3n) is 3.63. The van der Waals surface area contributed by atoms with E-state index in [0.29, 0.717) is 23.6 Å². The van der Waals surface area contributed by atoms with Gasteiger partial charge in [-0.15, -0.1) is 0 Å². The average Bonchev–Trinajstić information content (AvgIpc) is 2.57. The standard InChI is InChI=1S/C18H21ClN2O3S/c1-14-9-10-16(12-17(14)19)21-18(22)13-20-25(23,24)11-5-8-15-6-3-2-4-7-15/h2-4,6-7,9-10,12,20H,5,8,11,13H2,1H3,(H,21,22). The molecule has 0 aliphatic rings. The summed E-state index contributed by atoms with van der Waals surface area (Å²) in [6, 6.07) is 14.8. The predicted octanol–water partition coefficient (Wildman–Crippen LogP) is 3.14. The number of anilines is 1. The lowest BCUT2D eigenvalue weighted by molar-refractivity contribution is -0.115. The minimum Gasteiger partial charge on any atom is -0.325 e. The van der Waals surface area contributed by atoms with E-state index in [4.69, 9.17) is 11.6 Å². The topological polar surface area (TPSA) is 75.3 Å². The summed E-state index contributed by atoms with van der Waals surface area (Å²) < 4.78 is 26.2. The molecule has 0 spiro atoms. The maximum Gasteiger partial charge on any atom is 0.239 e. The number of nitrogens with one attached hydrogen (secondary N) is 2. The van der Waals surface area contributed by atoms with Crippen molar-refractivity contribution < 1.29 is 13.2 Å².